The number of morpholine rings is 1. The number of aryl methyl sites for hydroxylation is 6. The maximum atomic E-state index is 14.1. The fourth-order valence-corrected chi connectivity index (χ4v) is 12.0. The summed E-state index contributed by atoms with van der Waals surface area (Å²) in [5.41, 5.74) is 33.4. The van der Waals surface area contributed by atoms with Crippen molar-refractivity contribution in [3.63, 3.8) is 0 Å². The van der Waals surface area contributed by atoms with Gasteiger partial charge in [0.1, 0.15) is 23.1 Å². The van der Waals surface area contributed by atoms with Crippen molar-refractivity contribution in [1.82, 2.24) is 50.2 Å². The third kappa shape index (κ3) is 22.8. The molecule has 15 N–H and O–H groups in total. The molecule has 1 fully saturated rings. The monoisotopic (exact) mass is 1610 g/mol. The number of nitrogens with one attached hydrogen (secondary N) is 5. The molecule has 6 heterocycles. The number of anilines is 6. The molecule has 0 aliphatic carbocycles. The van der Waals surface area contributed by atoms with E-state index in [9.17, 15) is 42.2 Å². The maximum absolute atomic E-state index is 14.1. The number of carbonyl (C=O) groups is 3. The van der Waals surface area contributed by atoms with Gasteiger partial charge in [0.15, 0.2) is 23.6 Å². The predicted octanol–water partition coefficient (Wildman–Crippen LogP) is 13.2. The quantitative estimate of drug-likeness (QED) is 0.0216. The Bertz CT molecular complexity index is 5790. The van der Waals surface area contributed by atoms with Gasteiger partial charge in [-0.05, 0) is 146 Å². The van der Waals surface area contributed by atoms with E-state index in [4.69, 9.17) is 41.9 Å². The molecule has 1 aliphatic rings. The number of aromatic nitrogens is 9. The lowest BCUT2D eigenvalue weighted by atomic mass is 10.0. The van der Waals surface area contributed by atoms with Gasteiger partial charge in [-0.3, -0.25) is 20.7 Å². The minimum absolute atomic E-state index is 0.0192. The molecule has 7 aromatic carbocycles. The van der Waals surface area contributed by atoms with E-state index in [0.29, 0.717) is 78.0 Å². The van der Waals surface area contributed by atoms with E-state index in [0.717, 1.165) is 84.9 Å². The van der Waals surface area contributed by atoms with Crippen LogP contribution in [0.1, 0.15) is 107 Å². The van der Waals surface area contributed by atoms with Gasteiger partial charge < -0.3 is 67.6 Å². The number of carboxylic acid groups (broad SMARTS) is 2. The molecule has 2 unspecified atom stereocenters. The molecule has 610 valence electrons. The SMILES string of the molecule is COc1cc(OC)c(C(C)N=C(N)Nc2nc(C)c3cc(C)ccc3n2)c(OC)c1.Cc1ccc2nc(N=C(N)NC(=O)c3ccccc3C(=O)O)nc(C)c2c1.Cc1ccc2nc(NC(N)=NC(C)c3ccccc3C(=O)O)nc(C)c2c1.NC(=Nc1ncc(F)c(N2CCOCC2)n1)Nc1ccc(Nc2cccc(C(F)(F)F)c2)cn1. The number of benzene rings is 7. The number of carboxylic acids is 2. The highest BCUT2D eigenvalue weighted by atomic mass is 19.4. The Morgan fingerprint density at radius 2 is 1.05 bits per heavy atom. The molecule has 32 nitrogen and oxygen atoms in total. The third-order valence-electron chi connectivity index (χ3n) is 17.7. The second-order valence-corrected chi connectivity index (χ2v) is 26.4. The van der Waals surface area contributed by atoms with Crippen LogP contribution in [0.5, 0.6) is 17.2 Å². The summed E-state index contributed by atoms with van der Waals surface area (Å²) in [4.78, 5) is 92.3. The number of halogens is 4. The molecule has 0 bridgehead atoms. The Morgan fingerprint density at radius 1 is 0.525 bits per heavy atom. The number of ether oxygens (including phenoxy) is 4. The Morgan fingerprint density at radius 3 is 1.58 bits per heavy atom. The average Bonchev–Trinajstić information content (AvgIpc) is 0.812. The van der Waals surface area contributed by atoms with Gasteiger partial charge in [-0.1, -0.05) is 71.3 Å². The molecule has 12 aromatic rings. The molecule has 5 aromatic heterocycles. The van der Waals surface area contributed by atoms with E-state index in [1.165, 1.54) is 36.5 Å². The number of hydrogen-bond acceptors (Lipinski definition) is 22. The Kier molecular flexibility index (Phi) is 28.1. The van der Waals surface area contributed by atoms with Gasteiger partial charge in [0.05, 0.1) is 126 Å². The normalized spacial score (nSPS) is 13.0. The lowest BCUT2D eigenvalue weighted by Gasteiger charge is -2.27. The zero-order valence-corrected chi connectivity index (χ0v) is 65.9. The van der Waals surface area contributed by atoms with Gasteiger partial charge in [0, 0.05) is 47.1 Å². The topological polar surface area (TPSA) is 462 Å². The largest absolute Gasteiger partial charge is 0.496 e. The molecule has 118 heavy (non-hydrogen) atoms. The first-order valence-corrected chi connectivity index (χ1v) is 36.3. The van der Waals surface area contributed by atoms with Crippen molar-refractivity contribution >= 4 is 121 Å². The van der Waals surface area contributed by atoms with Crippen LogP contribution < -0.4 is 68.6 Å². The first-order chi connectivity index (χ1) is 56.3. The van der Waals surface area contributed by atoms with Gasteiger partial charge in [-0.2, -0.15) is 28.1 Å². The van der Waals surface area contributed by atoms with E-state index in [-0.39, 0.29) is 70.0 Å². The van der Waals surface area contributed by atoms with Crippen LogP contribution in [-0.4, -0.2) is 144 Å². The summed E-state index contributed by atoms with van der Waals surface area (Å²) in [5.74, 6) is -0.364. The number of pyridine rings is 1. The van der Waals surface area contributed by atoms with Gasteiger partial charge in [-0.25, -0.2) is 63.8 Å². The number of aliphatic imine (C=N–C) groups is 4. The minimum atomic E-state index is -4.43. The van der Waals surface area contributed by atoms with Gasteiger partial charge in [0.2, 0.25) is 23.8 Å². The summed E-state index contributed by atoms with van der Waals surface area (Å²) in [5, 5.41) is 35.3. The molecule has 1 amide bonds. The Hall–Kier alpha value is -14.8. The molecule has 36 heteroatoms. The molecular weight excluding hydrogens is 1530 g/mol. The number of carbonyl (C=O) groups excluding carboxylic acids is 1. The van der Waals surface area contributed by atoms with Gasteiger partial charge in [0.25, 0.3) is 17.8 Å². The van der Waals surface area contributed by atoms with E-state index in [1.807, 2.05) is 97.0 Å². The summed E-state index contributed by atoms with van der Waals surface area (Å²) in [7, 11) is 4.76. The fraction of sp³-hybridized carbons (Fsp3) is 0.220. The van der Waals surface area contributed by atoms with E-state index in [1.54, 1.807) is 87.8 Å². The van der Waals surface area contributed by atoms with Crippen molar-refractivity contribution in [2.45, 2.75) is 73.6 Å². The number of methoxy groups -OCH3 is 3. The molecule has 0 saturated carbocycles. The molecule has 1 saturated heterocycles. The predicted molar refractivity (Wildman–Crippen MR) is 445 cm³/mol. The number of alkyl halides is 3. The second-order valence-electron chi connectivity index (χ2n) is 26.4. The van der Waals surface area contributed by atoms with E-state index >= 15 is 0 Å². The Labute approximate surface area is 674 Å². The highest BCUT2D eigenvalue weighted by Gasteiger charge is 2.31. The highest BCUT2D eigenvalue weighted by Crippen LogP contribution is 2.40. The molecule has 0 radical (unpaired) electrons. The summed E-state index contributed by atoms with van der Waals surface area (Å²) < 4.78 is 74.3. The van der Waals surface area contributed by atoms with Crippen LogP contribution >= 0.6 is 0 Å². The molecule has 1 aliphatic heterocycles. The van der Waals surface area contributed by atoms with Crippen molar-refractivity contribution < 1.29 is 61.1 Å². The van der Waals surface area contributed by atoms with Crippen LogP contribution in [0.25, 0.3) is 32.7 Å². The number of guanidine groups is 4. The molecular formula is C82H85F4N23O9. The fourth-order valence-electron chi connectivity index (χ4n) is 12.0. The van der Waals surface area contributed by atoms with E-state index in [2.05, 4.69) is 97.5 Å². The summed E-state index contributed by atoms with van der Waals surface area (Å²) >= 11 is 0. The molecule has 0 spiro atoms. The molecule has 2 atom stereocenters. The minimum Gasteiger partial charge on any atom is -0.496 e. The number of aromatic carboxylic acids is 2. The lowest BCUT2D eigenvalue weighted by Crippen LogP contribution is -2.37. The number of nitrogens with two attached hydrogens (primary N) is 4. The summed E-state index contributed by atoms with van der Waals surface area (Å²) in [6, 6.07) is 41.1. The first kappa shape index (κ1) is 85.6. The number of nitrogens with zero attached hydrogens (tertiary/aromatic N) is 14. The highest BCUT2D eigenvalue weighted by molar-refractivity contribution is 6.11. The standard InChI is InChI=1S/C22H27N5O3.C21H20F4N8O.C20H21N5O2.C19H17N5O3/c1-12-7-8-17-16(9-12)13(2)25-22(26-17)27-21(23)24-14(3)20-18(29-5)10-15(28-4)11-19(20)30-6;22-16-12-28-20(31-18(16)33-6-8-34-9-7-33)32-19(26)30-17-5-4-15(11-27-17)29-14-3-1-2-13(10-14)21(23,24)25;1-11-8-9-17-16(10-11)13(3)23-20(24-17)25-19(21)22-12(2)14-6-4-5-7-15(14)18(26)27;1-10-7-8-15-14(9-10)11(2)21-19(22-15)24-18(20)23-16(25)12-5-3-4-6-13(12)17(26)27/h7-11,14H,1-6H3,(H3,23,24,25,26,27);1-5,10-12,29H,6-9H2,(H3,26,27,28,30,31,32);4-10,12H,1-3H3,(H,26,27)(H3,21,22,23,24,25);3-9H,1-2H3,(H,26,27)(H3,20,21,22,23,24,25). The second kappa shape index (κ2) is 38.8. The van der Waals surface area contributed by atoms with E-state index < -0.39 is 41.4 Å². The number of rotatable bonds is 18. The smallest absolute Gasteiger partial charge is 0.416 e. The number of fused-ring (bicyclic) bond motifs is 3. The van der Waals surface area contributed by atoms with Crippen molar-refractivity contribution in [3.8, 4) is 17.2 Å². The molecule has 13 rings (SSSR count). The average molecular weight is 1610 g/mol. The van der Waals surface area contributed by atoms with Crippen LogP contribution in [0.3, 0.4) is 0 Å². The van der Waals surface area contributed by atoms with Crippen LogP contribution in [0.4, 0.5) is 64.4 Å². The van der Waals surface area contributed by atoms with Crippen LogP contribution in [-0.2, 0) is 10.9 Å². The van der Waals surface area contributed by atoms with Crippen molar-refractivity contribution in [3.05, 3.63) is 237 Å². The summed E-state index contributed by atoms with van der Waals surface area (Å²) in [6.07, 6.45) is -1.99. The van der Waals surface area contributed by atoms with Crippen molar-refractivity contribution in [2.75, 3.05) is 73.8 Å². The van der Waals surface area contributed by atoms with Gasteiger partial charge in [-0.15, -0.1) is 0 Å². The Balaban J connectivity index is 0.000000166. The third-order valence-corrected chi connectivity index (χ3v) is 17.7. The number of amides is 1. The first-order valence-electron chi connectivity index (χ1n) is 36.3. The van der Waals surface area contributed by atoms with Crippen LogP contribution in [0, 0.1) is 47.4 Å². The zero-order chi connectivity index (χ0) is 85.1. The number of hydrogen-bond donors (Lipinski definition) is 11. The maximum Gasteiger partial charge on any atom is 0.416 e. The van der Waals surface area contributed by atoms with Crippen LogP contribution in [0.2, 0.25) is 0 Å². The lowest BCUT2D eigenvalue weighted by molar-refractivity contribution is -0.137. The van der Waals surface area contributed by atoms with Crippen molar-refractivity contribution in [1.29, 1.82) is 0 Å². The zero-order valence-electron chi connectivity index (χ0n) is 65.9. The van der Waals surface area contributed by atoms with Crippen molar-refractivity contribution in [2.24, 2.45) is 42.9 Å². The van der Waals surface area contributed by atoms with Crippen LogP contribution in [0.15, 0.2) is 184 Å². The van der Waals surface area contributed by atoms with Gasteiger partial charge >= 0.3 is 18.1 Å². The summed E-state index contributed by atoms with van der Waals surface area (Å²) in [6.45, 7) is 17.3.